The normalized spacial score (nSPS) is 19.1. The van der Waals surface area contributed by atoms with Crippen molar-refractivity contribution in [2.75, 3.05) is 26.2 Å². The topological polar surface area (TPSA) is 23.6 Å². The molecule has 1 amide bonds. The molecule has 1 aromatic rings. The van der Waals surface area contributed by atoms with E-state index in [2.05, 4.69) is 18.7 Å². The Labute approximate surface area is 126 Å². The third kappa shape index (κ3) is 5.12. The molecule has 1 heterocycles. The summed E-state index contributed by atoms with van der Waals surface area (Å²) in [6.07, 6.45) is 3.51. The first-order valence-electron chi connectivity index (χ1n) is 7.79. The molecule has 1 saturated carbocycles. The summed E-state index contributed by atoms with van der Waals surface area (Å²) in [5.74, 6) is 0.602. The maximum atomic E-state index is 12.4. The average Bonchev–Trinajstić information content (AvgIpc) is 3.33. The smallest absolute Gasteiger partial charge is 0.209 e. The van der Waals surface area contributed by atoms with Gasteiger partial charge in [-0.25, -0.2) is 4.39 Å². The second-order valence-corrected chi connectivity index (χ2v) is 6.10. The lowest BCUT2D eigenvalue weighted by molar-refractivity contribution is -0.119. The summed E-state index contributed by atoms with van der Waals surface area (Å²) in [4.78, 5) is 14.6. The van der Waals surface area contributed by atoms with E-state index in [1.165, 1.54) is 30.5 Å². The number of rotatable bonds is 3. The van der Waals surface area contributed by atoms with E-state index >= 15 is 0 Å². The molecule has 0 radical (unpaired) electrons. The van der Waals surface area contributed by atoms with Gasteiger partial charge in [-0.05, 0) is 50.3 Å². The molecule has 1 saturated heterocycles. The van der Waals surface area contributed by atoms with Gasteiger partial charge < -0.3 is 4.90 Å². The van der Waals surface area contributed by atoms with E-state index in [0.29, 0.717) is 6.04 Å². The highest BCUT2D eigenvalue weighted by molar-refractivity contribution is 5.47. The van der Waals surface area contributed by atoms with Crippen LogP contribution in [-0.4, -0.2) is 48.4 Å². The standard InChI is InChI=1S/C9H9F.C8H16N2O/c10-9-5-3-8(4-6-9)7-1-2-7;1-8(2)10-5-3-9(7-11)4-6-10/h3-7H,1-2H2;7-8H,3-6H2,1-2H3. The molecule has 4 heteroatoms. The lowest BCUT2D eigenvalue weighted by Gasteiger charge is -2.34. The lowest BCUT2D eigenvalue weighted by Crippen LogP contribution is -2.48. The lowest BCUT2D eigenvalue weighted by atomic mass is 10.1. The highest BCUT2D eigenvalue weighted by Gasteiger charge is 2.22. The molecule has 1 aliphatic carbocycles. The first-order chi connectivity index (χ1) is 10.1. The van der Waals surface area contributed by atoms with Crippen molar-refractivity contribution in [3.8, 4) is 0 Å². The maximum absolute atomic E-state index is 12.4. The van der Waals surface area contributed by atoms with Crippen LogP contribution in [0.4, 0.5) is 4.39 Å². The minimum absolute atomic E-state index is 0.135. The fourth-order valence-corrected chi connectivity index (χ4v) is 2.51. The van der Waals surface area contributed by atoms with Crippen LogP contribution >= 0.6 is 0 Å². The summed E-state index contributed by atoms with van der Waals surface area (Å²) in [6.45, 7) is 8.21. The number of amides is 1. The third-order valence-corrected chi connectivity index (χ3v) is 4.15. The van der Waals surface area contributed by atoms with Gasteiger partial charge in [0.1, 0.15) is 5.82 Å². The molecule has 0 aromatic heterocycles. The van der Waals surface area contributed by atoms with E-state index in [0.717, 1.165) is 38.5 Å². The minimum atomic E-state index is -0.135. The Morgan fingerprint density at radius 1 is 1.10 bits per heavy atom. The molecule has 0 bridgehead atoms. The van der Waals surface area contributed by atoms with Gasteiger partial charge in [-0.1, -0.05) is 12.1 Å². The van der Waals surface area contributed by atoms with E-state index in [9.17, 15) is 9.18 Å². The van der Waals surface area contributed by atoms with Gasteiger partial charge in [0.2, 0.25) is 6.41 Å². The Morgan fingerprint density at radius 2 is 1.67 bits per heavy atom. The highest BCUT2D eigenvalue weighted by atomic mass is 19.1. The van der Waals surface area contributed by atoms with Crippen molar-refractivity contribution in [2.24, 2.45) is 0 Å². The quantitative estimate of drug-likeness (QED) is 0.800. The van der Waals surface area contributed by atoms with Gasteiger partial charge in [0.15, 0.2) is 0 Å². The summed E-state index contributed by atoms with van der Waals surface area (Å²) in [5.41, 5.74) is 1.29. The zero-order valence-electron chi connectivity index (χ0n) is 13.0. The molecule has 21 heavy (non-hydrogen) atoms. The van der Waals surface area contributed by atoms with Crippen molar-refractivity contribution in [3.63, 3.8) is 0 Å². The molecule has 3 rings (SSSR count). The van der Waals surface area contributed by atoms with Gasteiger partial charge in [-0.15, -0.1) is 0 Å². The maximum Gasteiger partial charge on any atom is 0.209 e. The average molecular weight is 292 g/mol. The molecule has 2 fully saturated rings. The largest absolute Gasteiger partial charge is 0.343 e. The molecule has 0 N–H and O–H groups in total. The number of hydrogen-bond donors (Lipinski definition) is 0. The van der Waals surface area contributed by atoms with Crippen molar-refractivity contribution in [2.45, 2.75) is 38.6 Å². The molecule has 0 spiro atoms. The van der Waals surface area contributed by atoms with Crippen LogP contribution in [0.1, 0.15) is 38.2 Å². The van der Waals surface area contributed by atoms with Crippen LogP contribution in [0.3, 0.4) is 0 Å². The van der Waals surface area contributed by atoms with Gasteiger partial charge in [0.25, 0.3) is 0 Å². The molecule has 0 atom stereocenters. The van der Waals surface area contributed by atoms with Crippen LogP contribution in [0.5, 0.6) is 0 Å². The van der Waals surface area contributed by atoms with Crippen molar-refractivity contribution in [1.29, 1.82) is 0 Å². The Hall–Kier alpha value is -1.42. The van der Waals surface area contributed by atoms with E-state index < -0.39 is 0 Å². The van der Waals surface area contributed by atoms with Gasteiger partial charge in [0.05, 0.1) is 0 Å². The van der Waals surface area contributed by atoms with Crippen LogP contribution in [0.15, 0.2) is 24.3 Å². The number of carbonyl (C=O) groups excluding carboxylic acids is 1. The molecule has 0 unspecified atom stereocenters. The molecular formula is C17H25FN2O. The van der Waals surface area contributed by atoms with Crippen LogP contribution < -0.4 is 0 Å². The number of hydrogen-bond acceptors (Lipinski definition) is 2. The SMILES string of the molecule is CC(C)N1CCN(C=O)CC1.Fc1ccc(C2CC2)cc1. The van der Waals surface area contributed by atoms with Crippen molar-refractivity contribution in [1.82, 2.24) is 9.80 Å². The summed E-state index contributed by atoms with van der Waals surface area (Å²) in [6, 6.07) is 7.45. The van der Waals surface area contributed by atoms with E-state index in [1.54, 1.807) is 0 Å². The second kappa shape index (κ2) is 7.55. The van der Waals surface area contributed by atoms with Crippen molar-refractivity contribution < 1.29 is 9.18 Å². The molecule has 3 nitrogen and oxygen atoms in total. The van der Waals surface area contributed by atoms with Crippen LogP contribution in [0, 0.1) is 5.82 Å². The Balaban J connectivity index is 0.000000154. The summed E-state index contributed by atoms with van der Waals surface area (Å²) in [5, 5.41) is 0. The monoisotopic (exact) mass is 292 g/mol. The molecule has 1 aliphatic heterocycles. The first-order valence-corrected chi connectivity index (χ1v) is 7.79. The van der Waals surface area contributed by atoms with E-state index in [-0.39, 0.29) is 5.82 Å². The van der Waals surface area contributed by atoms with Gasteiger partial charge in [-0.3, -0.25) is 9.69 Å². The van der Waals surface area contributed by atoms with Gasteiger partial charge in [0, 0.05) is 32.2 Å². The molecular weight excluding hydrogens is 267 g/mol. The van der Waals surface area contributed by atoms with Crippen molar-refractivity contribution in [3.05, 3.63) is 35.6 Å². The molecule has 2 aliphatic rings. The Bertz CT molecular complexity index is 435. The fraction of sp³-hybridized carbons (Fsp3) is 0.588. The van der Waals surface area contributed by atoms with Gasteiger partial charge >= 0.3 is 0 Å². The number of nitrogens with zero attached hydrogens (tertiary/aromatic N) is 2. The summed E-state index contributed by atoms with van der Waals surface area (Å²) in [7, 11) is 0. The van der Waals surface area contributed by atoms with E-state index in [1.807, 2.05) is 17.0 Å². The van der Waals surface area contributed by atoms with Crippen LogP contribution in [0.2, 0.25) is 0 Å². The molecule has 116 valence electrons. The number of carbonyl (C=O) groups is 1. The fourth-order valence-electron chi connectivity index (χ4n) is 2.51. The second-order valence-electron chi connectivity index (χ2n) is 6.10. The first kappa shape index (κ1) is 16.0. The number of piperazine rings is 1. The Kier molecular flexibility index (Phi) is 5.74. The van der Waals surface area contributed by atoms with Crippen LogP contribution in [-0.2, 0) is 4.79 Å². The minimum Gasteiger partial charge on any atom is -0.343 e. The van der Waals surface area contributed by atoms with Crippen LogP contribution in [0.25, 0.3) is 0 Å². The van der Waals surface area contributed by atoms with Gasteiger partial charge in [-0.2, -0.15) is 0 Å². The Morgan fingerprint density at radius 3 is 2.10 bits per heavy atom. The number of benzene rings is 1. The number of halogens is 1. The van der Waals surface area contributed by atoms with Crippen molar-refractivity contribution >= 4 is 6.41 Å². The predicted molar refractivity (Wildman–Crippen MR) is 82.7 cm³/mol. The highest BCUT2D eigenvalue weighted by Crippen LogP contribution is 2.39. The molecule has 1 aromatic carbocycles. The summed E-state index contributed by atoms with van der Waals surface area (Å²) >= 11 is 0. The van der Waals surface area contributed by atoms with E-state index in [4.69, 9.17) is 0 Å². The third-order valence-electron chi connectivity index (χ3n) is 4.15. The zero-order chi connectivity index (χ0) is 15.2. The zero-order valence-corrected chi connectivity index (χ0v) is 13.0. The summed E-state index contributed by atoms with van der Waals surface area (Å²) < 4.78 is 12.4. The predicted octanol–water partition coefficient (Wildman–Crippen LogP) is 2.87.